The fraction of sp³-hybridized carbons (Fsp3) is 0.625. The van der Waals surface area contributed by atoms with Crippen molar-refractivity contribution >= 4 is 8.80 Å². The zero-order chi connectivity index (χ0) is 13.5. The van der Waals surface area contributed by atoms with Gasteiger partial charge in [0.2, 0.25) is 0 Å². The van der Waals surface area contributed by atoms with Gasteiger partial charge in [-0.1, -0.05) is 63.4 Å². The molecule has 0 aliphatic heterocycles. The van der Waals surface area contributed by atoms with Gasteiger partial charge in [-0.25, -0.2) is 0 Å². The van der Waals surface area contributed by atoms with Crippen LogP contribution in [-0.2, 0) is 6.42 Å². The monoisotopic (exact) mass is 264 g/mol. The lowest BCUT2D eigenvalue weighted by atomic mass is 10.1. The predicted molar refractivity (Wildman–Crippen MR) is 83.5 cm³/mol. The van der Waals surface area contributed by atoms with Crippen LogP contribution in [0.5, 0.6) is 5.75 Å². The molecule has 0 unspecified atom stereocenters. The smallest absolute Gasteiger partial charge is 0.118 e. The topological polar surface area (TPSA) is 9.23 Å². The van der Waals surface area contributed by atoms with Crippen LogP contribution in [-0.4, -0.2) is 15.9 Å². The Balaban J connectivity index is 2.40. The standard InChI is InChI=1S/C16H28OSi/c1-13(2)18(14(3)4)12-6-7-15-8-10-16(17-5)11-9-15/h8-11,13-14,18H,6-7,12H2,1-5H3. The van der Waals surface area contributed by atoms with E-state index in [1.54, 1.807) is 7.11 Å². The molecular formula is C16H28OSi. The number of ether oxygens (including phenoxy) is 1. The quantitative estimate of drug-likeness (QED) is 0.650. The number of methoxy groups -OCH3 is 1. The van der Waals surface area contributed by atoms with E-state index in [2.05, 4.69) is 52.0 Å². The molecule has 102 valence electrons. The van der Waals surface area contributed by atoms with Crippen molar-refractivity contribution in [2.45, 2.75) is 57.7 Å². The van der Waals surface area contributed by atoms with Crippen molar-refractivity contribution in [2.75, 3.05) is 7.11 Å². The van der Waals surface area contributed by atoms with E-state index in [4.69, 9.17) is 4.74 Å². The number of hydrogen-bond donors (Lipinski definition) is 0. The van der Waals surface area contributed by atoms with E-state index in [1.807, 2.05) is 0 Å². The van der Waals surface area contributed by atoms with E-state index < -0.39 is 8.80 Å². The molecule has 0 N–H and O–H groups in total. The zero-order valence-corrected chi connectivity index (χ0v) is 13.7. The van der Waals surface area contributed by atoms with Crippen molar-refractivity contribution in [3.05, 3.63) is 29.8 Å². The summed E-state index contributed by atoms with van der Waals surface area (Å²) >= 11 is 0. The lowest BCUT2D eigenvalue weighted by Gasteiger charge is -2.23. The third-order valence-electron chi connectivity index (χ3n) is 3.87. The second-order valence-corrected chi connectivity index (χ2v) is 10.5. The SMILES string of the molecule is COc1ccc(CCC[SiH](C(C)C)C(C)C)cc1. The van der Waals surface area contributed by atoms with Gasteiger partial charge in [0.1, 0.15) is 5.75 Å². The Morgan fingerprint density at radius 2 is 1.56 bits per heavy atom. The van der Waals surface area contributed by atoms with Gasteiger partial charge in [0.25, 0.3) is 0 Å². The van der Waals surface area contributed by atoms with Crippen LogP contribution in [0.2, 0.25) is 17.1 Å². The summed E-state index contributed by atoms with van der Waals surface area (Å²) in [4.78, 5) is 0. The summed E-state index contributed by atoms with van der Waals surface area (Å²) in [5.41, 5.74) is 3.30. The summed E-state index contributed by atoms with van der Waals surface area (Å²) in [6.07, 6.45) is 2.56. The number of rotatable bonds is 7. The highest BCUT2D eigenvalue weighted by atomic mass is 28.3. The highest BCUT2D eigenvalue weighted by Crippen LogP contribution is 2.25. The van der Waals surface area contributed by atoms with Gasteiger partial charge in [-0.2, -0.15) is 0 Å². The highest BCUT2D eigenvalue weighted by Gasteiger charge is 2.18. The van der Waals surface area contributed by atoms with Gasteiger partial charge in [0.15, 0.2) is 0 Å². The van der Waals surface area contributed by atoms with Gasteiger partial charge >= 0.3 is 0 Å². The second-order valence-electron chi connectivity index (χ2n) is 5.89. The van der Waals surface area contributed by atoms with Crippen molar-refractivity contribution in [1.29, 1.82) is 0 Å². The number of hydrogen-bond acceptors (Lipinski definition) is 1. The lowest BCUT2D eigenvalue weighted by Crippen LogP contribution is -2.20. The minimum Gasteiger partial charge on any atom is -0.497 e. The minimum absolute atomic E-state index is 0.562. The zero-order valence-electron chi connectivity index (χ0n) is 12.6. The summed E-state index contributed by atoms with van der Waals surface area (Å²) in [5, 5.41) is 0. The van der Waals surface area contributed by atoms with Crippen LogP contribution in [0.1, 0.15) is 39.7 Å². The van der Waals surface area contributed by atoms with Crippen LogP contribution in [0.4, 0.5) is 0 Å². The third-order valence-corrected chi connectivity index (χ3v) is 8.37. The molecule has 0 fully saturated rings. The van der Waals surface area contributed by atoms with Crippen LogP contribution in [0.15, 0.2) is 24.3 Å². The molecule has 18 heavy (non-hydrogen) atoms. The molecule has 0 spiro atoms. The number of benzene rings is 1. The van der Waals surface area contributed by atoms with Crippen molar-refractivity contribution in [3.8, 4) is 5.75 Å². The first-order valence-electron chi connectivity index (χ1n) is 7.17. The number of aryl methyl sites for hydroxylation is 1. The molecule has 1 rings (SSSR count). The third kappa shape index (κ3) is 4.85. The predicted octanol–water partition coefficient (Wildman–Crippen LogP) is 4.67. The summed E-state index contributed by atoms with van der Waals surface area (Å²) in [6.45, 7) is 9.63. The molecule has 0 aliphatic carbocycles. The van der Waals surface area contributed by atoms with Crippen molar-refractivity contribution in [1.82, 2.24) is 0 Å². The Morgan fingerprint density at radius 1 is 1.00 bits per heavy atom. The Labute approximate surface area is 114 Å². The Hall–Kier alpha value is -0.763. The van der Waals surface area contributed by atoms with Crippen molar-refractivity contribution in [3.63, 3.8) is 0 Å². The van der Waals surface area contributed by atoms with Gasteiger partial charge in [-0.15, -0.1) is 0 Å². The van der Waals surface area contributed by atoms with Crippen LogP contribution in [0.3, 0.4) is 0 Å². The van der Waals surface area contributed by atoms with Crippen LogP contribution in [0.25, 0.3) is 0 Å². The molecule has 0 saturated heterocycles. The molecule has 0 amide bonds. The summed E-state index contributed by atoms with van der Waals surface area (Å²) < 4.78 is 5.18. The first-order chi connectivity index (χ1) is 8.54. The van der Waals surface area contributed by atoms with Crippen molar-refractivity contribution in [2.24, 2.45) is 0 Å². The molecule has 0 saturated carbocycles. The van der Waals surface area contributed by atoms with E-state index in [9.17, 15) is 0 Å². The maximum Gasteiger partial charge on any atom is 0.118 e. The van der Waals surface area contributed by atoms with Gasteiger partial charge in [0, 0.05) is 8.80 Å². The summed E-state index contributed by atoms with van der Waals surface area (Å²) in [6, 6.07) is 9.99. The largest absolute Gasteiger partial charge is 0.497 e. The van der Waals surface area contributed by atoms with E-state index in [-0.39, 0.29) is 0 Å². The molecule has 0 bridgehead atoms. The molecule has 2 heteroatoms. The average molecular weight is 264 g/mol. The average Bonchev–Trinajstić information content (AvgIpc) is 2.34. The van der Waals surface area contributed by atoms with E-state index in [1.165, 1.54) is 24.4 Å². The molecular weight excluding hydrogens is 236 g/mol. The Kier molecular flexibility index (Phi) is 6.48. The van der Waals surface area contributed by atoms with Gasteiger partial charge < -0.3 is 4.74 Å². The molecule has 0 aromatic heterocycles. The Morgan fingerprint density at radius 3 is 2.00 bits per heavy atom. The maximum atomic E-state index is 5.18. The fourth-order valence-corrected chi connectivity index (χ4v) is 6.32. The van der Waals surface area contributed by atoms with Crippen molar-refractivity contribution < 1.29 is 4.74 Å². The summed E-state index contributed by atoms with van der Waals surface area (Å²) in [7, 11) is 1.16. The normalized spacial score (nSPS) is 11.6. The van der Waals surface area contributed by atoms with E-state index in [0.29, 0.717) is 0 Å². The molecule has 0 aliphatic rings. The second kappa shape index (κ2) is 7.62. The van der Waals surface area contributed by atoms with Gasteiger partial charge in [-0.05, 0) is 24.1 Å². The van der Waals surface area contributed by atoms with E-state index >= 15 is 0 Å². The Bertz CT molecular complexity index is 321. The van der Waals surface area contributed by atoms with Gasteiger partial charge in [0.05, 0.1) is 7.11 Å². The highest BCUT2D eigenvalue weighted by molar-refractivity contribution is 6.61. The maximum absolute atomic E-state index is 5.18. The first-order valence-corrected chi connectivity index (χ1v) is 9.32. The molecule has 1 aromatic rings. The first kappa shape index (κ1) is 15.3. The fourth-order valence-electron chi connectivity index (χ4n) is 2.77. The van der Waals surface area contributed by atoms with Crippen LogP contribution in [0, 0.1) is 0 Å². The van der Waals surface area contributed by atoms with Crippen LogP contribution < -0.4 is 4.74 Å². The molecule has 0 heterocycles. The minimum atomic E-state index is -0.562. The lowest BCUT2D eigenvalue weighted by molar-refractivity contribution is 0.414. The molecule has 1 nitrogen and oxygen atoms in total. The molecule has 1 aromatic carbocycles. The van der Waals surface area contributed by atoms with E-state index in [0.717, 1.165) is 16.8 Å². The van der Waals surface area contributed by atoms with Crippen LogP contribution >= 0.6 is 0 Å². The molecule has 0 radical (unpaired) electrons. The van der Waals surface area contributed by atoms with Gasteiger partial charge in [-0.3, -0.25) is 0 Å². The molecule has 0 atom stereocenters. The summed E-state index contributed by atoms with van der Waals surface area (Å²) in [5.74, 6) is 0.954.